The second kappa shape index (κ2) is 26.8. The number of fused-ring (bicyclic) bond motifs is 7. The Labute approximate surface area is 446 Å². The van der Waals surface area contributed by atoms with E-state index < -0.39 is 0 Å². The standard InChI is InChI=1S/C10H13N.C10H9N.2C9H8N2.C9H11N.2C8H9NS/c2*1-8-6-7-11-10-5-3-2-4-9(8)10;1-7-9-8(4-6-10-7)3-2-5-11-9;1-7-4-6-10-8-3-2-5-11-9(7)8;1-7-5-6-10-9-4-2-3-8(7)9;1-6-8-7(2-4-9-6)3-5-10-8;1-6-2-4-9-7-3-5-10-8(6)7/h6-7H,2-5H2,1H3;2-7H,1H3;2*2-6H,1H3;5-6H,2-4H2,1H3;2*2,4H,3,5H2,1H3. The molecule has 74 heavy (non-hydrogen) atoms. The zero-order chi connectivity index (χ0) is 51.7. The van der Waals surface area contributed by atoms with Gasteiger partial charge in [-0.05, 0) is 211 Å². The van der Waals surface area contributed by atoms with Gasteiger partial charge in [-0.3, -0.25) is 44.9 Å². The van der Waals surface area contributed by atoms with Crippen LogP contribution in [0.5, 0.6) is 0 Å². The Morgan fingerprint density at radius 1 is 0.338 bits per heavy atom. The second-order valence-corrected chi connectivity index (χ2v) is 21.0. The smallest absolute Gasteiger partial charge is 0.0915 e. The summed E-state index contributed by atoms with van der Waals surface area (Å²) < 4.78 is 0. The Morgan fingerprint density at radius 2 is 0.878 bits per heavy atom. The molecule has 0 amide bonds. The molecule has 1 aromatic carbocycles. The molecule has 0 radical (unpaired) electrons. The van der Waals surface area contributed by atoms with Crippen LogP contribution in [0.25, 0.3) is 32.8 Å². The summed E-state index contributed by atoms with van der Waals surface area (Å²) in [6.45, 7) is 14.7. The van der Waals surface area contributed by atoms with Crippen molar-refractivity contribution in [1.82, 2.24) is 44.9 Å². The summed E-state index contributed by atoms with van der Waals surface area (Å²) in [5.41, 5.74) is 21.4. The van der Waals surface area contributed by atoms with Crippen molar-refractivity contribution < 1.29 is 0 Å². The van der Waals surface area contributed by atoms with Gasteiger partial charge in [0.25, 0.3) is 0 Å². The predicted molar refractivity (Wildman–Crippen MR) is 308 cm³/mol. The topological polar surface area (TPSA) is 116 Å². The first-order chi connectivity index (χ1) is 36.1. The van der Waals surface area contributed by atoms with Crippen LogP contribution in [0, 0.1) is 48.5 Å². The first-order valence-electron chi connectivity index (χ1n) is 25.8. The van der Waals surface area contributed by atoms with Crippen LogP contribution in [0.1, 0.15) is 92.2 Å². The van der Waals surface area contributed by atoms with Gasteiger partial charge < -0.3 is 0 Å². The van der Waals surface area contributed by atoms with Crippen LogP contribution in [0.2, 0.25) is 0 Å². The van der Waals surface area contributed by atoms with Gasteiger partial charge in [-0.15, -0.1) is 23.5 Å². The summed E-state index contributed by atoms with van der Waals surface area (Å²) in [5, 5.41) is 2.40. The van der Waals surface area contributed by atoms with Crippen molar-refractivity contribution >= 4 is 56.4 Å². The third-order valence-electron chi connectivity index (χ3n) is 13.5. The van der Waals surface area contributed by atoms with Crippen molar-refractivity contribution in [3.63, 3.8) is 0 Å². The zero-order valence-corrected chi connectivity index (χ0v) is 45.6. The minimum absolute atomic E-state index is 0.965. The van der Waals surface area contributed by atoms with Crippen molar-refractivity contribution in [2.75, 3.05) is 11.5 Å². The number of para-hydroxylation sites is 1. The lowest BCUT2D eigenvalue weighted by Gasteiger charge is -2.15. The fourth-order valence-corrected chi connectivity index (χ4v) is 11.7. The number of hydrogen-bond acceptors (Lipinski definition) is 11. The lowest BCUT2D eigenvalue weighted by molar-refractivity contribution is 0.664. The van der Waals surface area contributed by atoms with E-state index >= 15 is 0 Å². The van der Waals surface area contributed by atoms with Gasteiger partial charge in [0.1, 0.15) is 0 Å². The Bertz CT molecular complexity index is 3120. The SMILES string of the molecule is Cc1ccnc2c1CCC2.Cc1ccnc2c1CCCC2.Cc1ccnc2c1SCC2.Cc1ccnc2ccccc12.Cc1ccnc2cccnc12.Cc1nccc2c1SCC2.Cc1nccc2cccnc12. The number of benzene rings is 1. The van der Waals surface area contributed by atoms with Gasteiger partial charge in [0, 0.05) is 106 Å². The van der Waals surface area contributed by atoms with Gasteiger partial charge in [-0.25, -0.2) is 0 Å². The fourth-order valence-electron chi connectivity index (χ4n) is 9.42. The monoisotopic (exact) mass is 1010 g/mol. The molecule has 2 aliphatic heterocycles. The number of pyridine rings is 9. The highest BCUT2D eigenvalue weighted by Gasteiger charge is 2.15. The van der Waals surface area contributed by atoms with Crippen LogP contribution in [-0.2, 0) is 38.5 Å². The van der Waals surface area contributed by atoms with Crippen molar-refractivity contribution in [1.29, 1.82) is 0 Å². The van der Waals surface area contributed by atoms with Gasteiger partial charge in [-0.1, -0.05) is 24.3 Å². The minimum Gasteiger partial charge on any atom is -0.261 e. The number of hydrogen-bond donors (Lipinski definition) is 0. The molecular weight excluding hydrogens is 947 g/mol. The summed E-state index contributed by atoms with van der Waals surface area (Å²) >= 11 is 3.86. The van der Waals surface area contributed by atoms with Crippen LogP contribution < -0.4 is 0 Å². The van der Waals surface area contributed by atoms with Gasteiger partial charge in [0.05, 0.1) is 39.1 Å². The fraction of sp³-hybridized carbons (Fsp3) is 0.286. The van der Waals surface area contributed by atoms with E-state index in [0.29, 0.717) is 0 Å². The lowest BCUT2D eigenvalue weighted by atomic mass is 9.93. The number of nitrogens with zero attached hydrogens (tertiary/aromatic N) is 9. The number of aryl methyl sites for hydroxylation is 11. The maximum absolute atomic E-state index is 4.38. The highest BCUT2D eigenvalue weighted by molar-refractivity contribution is 7.99. The van der Waals surface area contributed by atoms with E-state index in [1.807, 2.05) is 129 Å². The molecular formula is C63H67N9S2. The first-order valence-corrected chi connectivity index (χ1v) is 27.8. The molecule has 0 bridgehead atoms. The number of aromatic nitrogens is 9. The molecule has 14 rings (SSSR count). The summed E-state index contributed by atoms with van der Waals surface area (Å²) in [7, 11) is 0. The molecule has 4 aliphatic rings. The van der Waals surface area contributed by atoms with Crippen LogP contribution >= 0.6 is 23.5 Å². The molecule has 0 unspecified atom stereocenters. The van der Waals surface area contributed by atoms with Gasteiger partial charge in [0.2, 0.25) is 0 Å². The Kier molecular flexibility index (Phi) is 19.3. The van der Waals surface area contributed by atoms with Crippen molar-refractivity contribution in [2.45, 2.75) is 116 Å². The van der Waals surface area contributed by atoms with Gasteiger partial charge in [0.15, 0.2) is 0 Å². The summed E-state index contributed by atoms with van der Waals surface area (Å²) in [6.07, 6.45) is 27.9. The third kappa shape index (κ3) is 14.2. The maximum Gasteiger partial charge on any atom is 0.0915 e. The second-order valence-electron chi connectivity index (χ2n) is 18.8. The molecule has 11 heterocycles. The van der Waals surface area contributed by atoms with Crippen LogP contribution in [0.15, 0.2) is 157 Å². The van der Waals surface area contributed by atoms with E-state index in [1.165, 1.54) is 145 Å². The minimum atomic E-state index is 0.965. The number of thioether (sulfide) groups is 2. The molecule has 0 N–H and O–H groups in total. The maximum atomic E-state index is 4.38. The molecule has 0 atom stereocenters. The van der Waals surface area contributed by atoms with E-state index in [-0.39, 0.29) is 0 Å². The molecule has 9 aromatic heterocycles. The molecule has 0 spiro atoms. The molecule has 10 aromatic rings. The summed E-state index contributed by atoms with van der Waals surface area (Å²) in [5.74, 6) is 2.45. The third-order valence-corrected chi connectivity index (χ3v) is 16.0. The highest BCUT2D eigenvalue weighted by Crippen LogP contribution is 2.33. The van der Waals surface area contributed by atoms with E-state index in [1.54, 1.807) is 24.8 Å². The Hall–Kier alpha value is -6.95. The number of rotatable bonds is 0. The first kappa shape index (κ1) is 53.3. The molecule has 9 nitrogen and oxygen atoms in total. The average Bonchev–Trinajstić information content (AvgIpc) is 4.25. The van der Waals surface area contributed by atoms with Gasteiger partial charge >= 0.3 is 0 Å². The average molecular weight is 1010 g/mol. The molecule has 2 aliphatic carbocycles. The quantitative estimate of drug-likeness (QED) is 0.145. The zero-order valence-electron chi connectivity index (χ0n) is 44.0. The normalized spacial score (nSPS) is 13.2. The van der Waals surface area contributed by atoms with E-state index in [2.05, 4.69) is 110 Å². The molecule has 376 valence electrons. The van der Waals surface area contributed by atoms with Crippen LogP contribution in [-0.4, -0.2) is 56.4 Å². The van der Waals surface area contributed by atoms with Crippen LogP contribution in [0.4, 0.5) is 0 Å². The van der Waals surface area contributed by atoms with Crippen molar-refractivity contribution in [3.8, 4) is 0 Å². The molecule has 0 fully saturated rings. The summed E-state index contributed by atoms with van der Waals surface area (Å²) in [6, 6.07) is 30.4. The van der Waals surface area contributed by atoms with E-state index in [0.717, 1.165) is 39.6 Å². The van der Waals surface area contributed by atoms with Gasteiger partial charge in [-0.2, -0.15) is 0 Å². The molecule has 0 saturated heterocycles. The molecule has 11 heteroatoms. The van der Waals surface area contributed by atoms with E-state index in [4.69, 9.17) is 0 Å². The lowest BCUT2D eigenvalue weighted by Crippen LogP contribution is -2.06. The largest absolute Gasteiger partial charge is 0.261 e. The Balaban J connectivity index is 0.000000115. The van der Waals surface area contributed by atoms with Crippen molar-refractivity contribution in [3.05, 3.63) is 220 Å². The van der Waals surface area contributed by atoms with Crippen LogP contribution in [0.3, 0.4) is 0 Å². The predicted octanol–water partition coefficient (Wildman–Crippen LogP) is 14.6. The highest BCUT2D eigenvalue weighted by atomic mass is 32.2. The van der Waals surface area contributed by atoms with Crippen molar-refractivity contribution in [2.24, 2.45) is 0 Å². The van der Waals surface area contributed by atoms with E-state index in [9.17, 15) is 0 Å². The summed E-state index contributed by atoms with van der Waals surface area (Å²) in [4.78, 5) is 41.1. The Morgan fingerprint density at radius 3 is 1.58 bits per heavy atom. The molecule has 0 saturated carbocycles.